The number of unbranched alkanes of at least 4 members (excludes halogenated alkanes) is 1. The molecule has 1 aromatic rings. The normalized spacial score (nSPS) is 14.2. The molecule has 5 heteroatoms. The van der Waals surface area contributed by atoms with Gasteiger partial charge in [0.15, 0.2) is 0 Å². The first kappa shape index (κ1) is 14.7. The van der Waals surface area contributed by atoms with E-state index in [1.807, 2.05) is 0 Å². The summed E-state index contributed by atoms with van der Waals surface area (Å²) >= 11 is 0. The van der Waals surface area contributed by atoms with Crippen molar-refractivity contribution in [2.75, 3.05) is 0 Å². The number of hydrogen-bond acceptors (Lipinski definition) is 3. The molecule has 0 saturated heterocycles. The second-order valence-corrected chi connectivity index (χ2v) is 4.61. The molecular formula is C13H23N3O2. The summed E-state index contributed by atoms with van der Waals surface area (Å²) in [5.74, 6) is 0.649. The lowest BCUT2D eigenvalue weighted by molar-refractivity contribution is 0.545. The molecule has 0 amide bonds. The first-order valence-corrected chi connectivity index (χ1v) is 6.78. The third kappa shape index (κ3) is 3.55. The molecule has 0 unspecified atom stereocenters. The largest absolute Gasteiger partial charge is 0.353 e. The number of fused-ring (bicyclic) bond motifs is 1. The Kier molecular flexibility index (Phi) is 5.82. The van der Waals surface area contributed by atoms with Gasteiger partial charge < -0.3 is 0 Å². The van der Waals surface area contributed by atoms with Crippen molar-refractivity contribution < 1.29 is 0 Å². The molecule has 0 spiro atoms. The van der Waals surface area contributed by atoms with Crippen molar-refractivity contribution in [1.29, 1.82) is 0 Å². The average molecular weight is 253 g/mol. The fourth-order valence-corrected chi connectivity index (χ4v) is 1.76. The predicted octanol–water partition coefficient (Wildman–Crippen LogP) is 1.47. The Bertz CT molecular complexity index is 486. The highest BCUT2D eigenvalue weighted by molar-refractivity contribution is 4.90. The third-order valence-electron chi connectivity index (χ3n) is 3.12. The van der Waals surface area contributed by atoms with Crippen LogP contribution in [0.2, 0.25) is 0 Å². The lowest BCUT2D eigenvalue weighted by Crippen LogP contribution is -2.41. The van der Waals surface area contributed by atoms with E-state index in [4.69, 9.17) is 0 Å². The number of nitrogens with zero attached hydrogens (tertiary/aromatic N) is 3. The molecule has 2 heterocycles. The Morgan fingerprint density at radius 2 is 1.78 bits per heavy atom. The van der Waals surface area contributed by atoms with E-state index in [9.17, 15) is 9.59 Å². The average Bonchev–Trinajstić information content (AvgIpc) is 2.62. The smallest absolute Gasteiger partial charge is 0.281 e. The maximum atomic E-state index is 11.7. The standard InChI is InChI=1S/C9H13N3O2.C4H10/c1-11-8(13)10-7-5-3-2-4-6-12(7)9(11)14;1-3-4-2/h2-6H2,1H3;3-4H2,1-2H3. The van der Waals surface area contributed by atoms with Gasteiger partial charge in [0, 0.05) is 20.0 Å². The maximum Gasteiger partial charge on any atom is 0.353 e. The Morgan fingerprint density at radius 1 is 1.11 bits per heavy atom. The van der Waals surface area contributed by atoms with E-state index in [1.165, 1.54) is 19.9 Å². The highest BCUT2D eigenvalue weighted by atomic mass is 16.2. The summed E-state index contributed by atoms with van der Waals surface area (Å²) in [6.07, 6.45) is 6.48. The highest BCUT2D eigenvalue weighted by Crippen LogP contribution is 2.08. The molecule has 18 heavy (non-hydrogen) atoms. The minimum absolute atomic E-state index is 0.234. The zero-order valence-corrected chi connectivity index (χ0v) is 11.6. The van der Waals surface area contributed by atoms with Crippen LogP contribution < -0.4 is 11.4 Å². The molecule has 0 saturated carbocycles. The number of aromatic nitrogens is 3. The van der Waals surface area contributed by atoms with Crippen LogP contribution in [-0.4, -0.2) is 14.1 Å². The number of aryl methyl sites for hydroxylation is 1. The third-order valence-corrected chi connectivity index (χ3v) is 3.12. The van der Waals surface area contributed by atoms with Gasteiger partial charge in [-0.15, -0.1) is 0 Å². The fourth-order valence-electron chi connectivity index (χ4n) is 1.76. The Labute approximate surface area is 107 Å². The molecule has 102 valence electrons. The van der Waals surface area contributed by atoms with Gasteiger partial charge in [-0.2, -0.15) is 4.98 Å². The second kappa shape index (κ2) is 7.13. The van der Waals surface area contributed by atoms with Crippen molar-refractivity contribution in [2.24, 2.45) is 7.05 Å². The molecule has 0 atom stereocenters. The van der Waals surface area contributed by atoms with Gasteiger partial charge >= 0.3 is 11.4 Å². The van der Waals surface area contributed by atoms with Crippen LogP contribution in [0.5, 0.6) is 0 Å². The molecule has 0 bridgehead atoms. The summed E-state index contributed by atoms with van der Waals surface area (Å²) in [5, 5.41) is 0. The molecule has 5 nitrogen and oxygen atoms in total. The molecule has 0 aliphatic carbocycles. The van der Waals surface area contributed by atoms with E-state index < -0.39 is 5.69 Å². The van der Waals surface area contributed by atoms with Gasteiger partial charge in [0.25, 0.3) is 0 Å². The van der Waals surface area contributed by atoms with Crippen molar-refractivity contribution >= 4 is 0 Å². The summed E-state index contributed by atoms with van der Waals surface area (Å²) in [5.41, 5.74) is -0.676. The van der Waals surface area contributed by atoms with Gasteiger partial charge in [-0.3, -0.25) is 4.57 Å². The summed E-state index contributed by atoms with van der Waals surface area (Å²) < 4.78 is 2.68. The predicted molar refractivity (Wildman–Crippen MR) is 71.9 cm³/mol. The first-order valence-electron chi connectivity index (χ1n) is 6.78. The minimum atomic E-state index is -0.442. The zero-order valence-electron chi connectivity index (χ0n) is 11.6. The summed E-state index contributed by atoms with van der Waals surface area (Å²) in [4.78, 5) is 26.8. The molecule has 0 fully saturated rings. The van der Waals surface area contributed by atoms with Crippen LogP contribution in [0, 0.1) is 0 Å². The molecule has 2 rings (SSSR count). The minimum Gasteiger partial charge on any atom is -0.281 e. The molecule has 1 aliphatic heterocycles. The van der Waals surface area contributed by atoms with Crippen molar-refractivity contribution in [3.63, 3.8) is 0 Å². The number of hydrogen-bond donors (Lipinski definition) is 0. The molecular weight excluding hydrogens is 230 g/mol. The van der Waals surface area contributed by atoms with E-state index in [-0.39, 0.29) is 5.69 Å². The van der Waals surface area contributed by atoms with Crippen molar-refractivity contribution in [2.45, 2.75) is 58.9 Å². The molecule has 1 aromatic heterocycles. The molecule has 0 N–H and O–H groups in total. The van der Waals surface area contributed by atoms with Crippen LogP contribution >= 0.6 is 0 Å². The van der Waals surface area contributed by atoms with Gasteiger partial charge in [-0.1, -0.05) is 33.1 Å². The van der Waals surface area contributed by atoms with E-state index in [1.54, 1.807) is 4.57 Å². The van der Waals surface area contributed by atoms with Crippen LogP contribution in [0.3, 0.4) is 0 Å². The van der Waals surface area contributed by atoms with Gasteiger partial charge in [-0.05, 0) is 12.8 Å². The van der Waals surface area contributed by atoms with E-state index in [0.29, 0.717) is 12.4 Å². The maximum absolute atomic E-state index is 11.7. The molecule has 0 radical (unpaired) electrons. The van der Waals surface area contributed by atoms with Crippen molar-refractivity contribution in [3.05, 3.63) is 26.8 Å². The summed E-state index contributed by atoms with van der Waals surface area (Å²) in [6.45, 7) is 5.05. The first-order chi connectivity index (χ1) is 8.61. The quantitative estimate of drug-likeness (QED) is 0.761. The van der Waals surface area contributed by atoms with Crippen LogP contribution in [0.1, 0.15) is 51.8 Å². The second-order valence-electron chi connectivity index (χ2n) is 4.61. The van der Waals surface area contributed by atoms with Gasteiger partial charge in [0.05, 0.1) is 0 Å². The van der Waals surface area contributed by atoms with Crippen LogP contribution in [0.25, 0.3) is 0 Å². The summed E-state index contributed by atoms with van der Waals surface area (Å²) in [7, 11) is 1.47. The summed E-state index contributed by atoms with van der Waals surface area (Å²) in [6, 6.07) is 0. The Hall–Kier alpha value is -1.39. The van der Waals surface area contributed by atoms with Gasteiger partial charge in [-0.25, -0.2) is 14.2 Å². The van der Waals surface area contributed by atoms with E-state index in [0.717, 1.165) is 30.3 Å². The monoisotopic (exact) mass is 253 g/mol. The Balaban J connectivity index is 0.000000357. The molecule has 1 aliphatic rings. The van der Waals surface area contributed by atoms with Crippen LogP contribution in [-0.2, 0) is 20.0 Å². The molecule has 0 aromatic carbocycles. The lowest BCUT2D eigenvalue weighted by atomic mass is 10.2. The van der Waals surface area contributed by atoms with E-state index in [2.05, 4.69) is 18.8 Å². The zero-order chi connectivity index (χ0) is 13.5. The van der Waals surface area contributed by atoms with Crippen LogP contribution in [0.4, 0.5) is 0 Å². The van der Waals surface area contributed by atoms with Crippen LogP contribution in [0.15, 0.2) is 9.59 Å². The Morgan fingerprint density at radius 3 is 2.39 bits per heavy atom. The van der Waals surface area contributed by atoms with E-state index >= 15 is 0 Å². The van der Waals surface area contributed by atoms with Gasteiger partial charge in [0.1, 0.15) is 5.82 Å². The fraction of sp³-hybridized carbons (Fsp3) is 0.769. The highest BCUT2D eigenvalue weighted by Gasteiger charge is 2.12. The van der Waals surface area contributed by atoms with Gasteiger partial charge in [0.2, 0.25) is 0 Å². The van der Waals surface area contributed by atoms with Crippen molar-refractivity contribution in [1.82, 2.24) is 14.1 Å². The van der Waals surface area contributed by atoms with Crippen molar-refractivity contribution in [3.8, 4) is 0 Å². The number of rotatable bonds is 1. The lowest BCUT2D eigenvalue weighted by Gasteiger charge is -2.08. The topological polar surface area (TPSA) is 56.9 Å². The SMILES string of the molecule is CCCC.Cn1c(=O)nc2n(c1=O)CCCCC2.